The van der Waals surface area contributed by atoms with Crippen LogP contribution in [0.2, 0.25) is 0 Å². The maximum Gasteiger partial charge on any atom is 0.317 e. The van der Waals surface area contributed by atoms with Crippen LogP contribution >= 0.6 is 27.7 Å². The number of methoxy groups -OCH3 is 1. The number of imidazole rings is 1. The van der Waals surface area contributed by atoms with Gasteiger partial charge >= 0.3 is 5.16 Å². The molecule has 0 aliphatic rings. The van der Waals surface area contributed by atoms with E-state index in [0.29, 0.717) is 5.75 Å². The van der Waals surface area contributed by atoms with Crippen LogP contribution in [0.3, 0.4) is 0 Å². The van der Waals surface area contributed by atoms with Gasteiger partial charge in [0.1, 0.15) is 5.75 Å². The average Bonchev–Trinajstić information content (AvgIpc) is 2.96. The number of thioether (sulfide) groups is 1. The number of nitrogens with one attached hydrogen (secondary N) is 2. The molecule has 0 radical (unpaired) electrons. The normalized spacial score (nSPS) is 11.2. The van der Waals surface area contributed by atoms with Crippen LogP contribution < -0.4 is 14.7 Å². The van der Waals surface area contributed by atoms with Crippen LogP contribution in [0.5, 0.6) is 5.75 Å². The summed E-state index contributed by atoms with van der Waals surface area (Å²) in [5, 5.41) is 4.93. The number of halogens is 1. The lowest BCUT2D eigenvalue weighted by atomic mass is 10.2. The molecule has 134 valence electrons. The molecular formula is C18H18BrN4O2S+. The Kier molecular flexibility index (Phi) is 5.95. The molecule has 26 heavy (non-hydrogen) atoms. The zero-order valence-electron chi connectivity index (χ0n) is 14.3. The fourth-order valence-corrected chi connectivity index (χ4v) is 3.64. The van der Waals surface area contributed by atoms with Gasteiger partial charge in [-0.05, 0) is 42.1 Å². The molecule has 0 saturated carbocycles. The summed E-state index contributed by atoms with van der Waals surface area (Å²) >= 11 is 4.83. The lowest BCUT2D eigenvalue weighted by molar-refractivity contribution is -0.683. The van der Waals surface area contributed by atoms with Crippen molar-refractivity contribution in [3.8, 4) is 5.75 Å². The van der Waals surface area contributed by atoms with E-state index in [2.05, 4.69) is 31.4 Å². The van der Waals surface area contributed by atoms with Crippen LogP contribution in [-0.4, -0.2) is 30.0 Å². The number of carbonyl (C=O) groups is 1. The molecule has 0 spiro atoms. The summed E-state index contributed by atoms with van der Waals surface area (Å²) in [5.41, 5.74) is 5.45. The number of carbonyl (C=O) groups excluding carboxylic acids is 1. The number of aryl methyl sites for hydroxylation is 1. The number of nitrogens with zero attached hydrogens (tertiary/aromatic N) is 2. The highest BCUT2D eigenvalue weighted by Crippen LogP contribution is 2.21. The van der Waals surface area contributed by atoms with Crippen LogP contribution in [0, 0.1) is 0 Å². The van der Waals surface area contributed by atoms with Gasteiger partial charge in [-0.3, -0.25) is 4.79 Å². The molecule has 2 N–H and O–H groups in total. The van der Waals surface area contributed by atoms with E-state index in [1.54, 1.807) is 13.3 Å². The molecule has 6 nitrogen and oxygen atoms in total. The molecular weight excluding hydrogens is 416 g/mol. The summed E-state index contributed by atoms with van der Waals surface area (Å²) in [6, 6.07) is 13.6. The van der Waals surface area contributed by atoms with Crippen LogP contribution in [0.25, 0.3) is 11.0 Å². The SMILES string of the molecule is COc1ccc(Br)cc1C=NNC(=O)CSc1[nH]c2ccccc2[n+]1C. The molecule has 1 amide bonds. The number of H-pyrrole nitrogens is 1. The van der Waals surface area contributed by atoms with Crippen molar-refractivity contribution in [3.05, 3.63) is 52.5 Å². The predicted octanol–water partition coefficient (Wildman–Crippen LogP) is 3.01. The third-order valence-electron chi connectivity index (χ3n) is 3.74. The number of ether oxygens (including phenoxy) is 1. The summed E-state index contributed by atoms with van der Waals surface area (Å²) in [6.45, 7) is 0. The third kappa shape index (κ3) is 4.25. The average molecular weight is 434 g/mol. The molecule has 0 unspecified atom stereocenters. The van der Waals surface area contributed by atoms with Crippen molar-refractivity contribution >= 4 is 50.8 Å². The zero-order chi connectivity index (χ0) is 18.5. The number of benzene rings is 2. The molecule has 0 aliphatic heterocycles. The van der Waals surface area contributed by atoms with Gasteiger partial charge < -0.3 is 4.74 Å². The third-order valence-corrected chi connectivity index (χ3v) is 5.29. The molecule has 0 fully saturated rings. The fourth-order valence-electron chi connectivity index (χ4n) is 2.46. The number of para-hydroxylation sites is 2. The molecule has 8 heteroatoms. The second kappa shape index (κ2) is 8.37. The van der Waals surface area contributed by atoms with E-state index < -0.39 is 0 Å². The van der Waals surface area contributed by atoms with Crippen LogP contribution in [0.1, 0.15) is 5.56 Å². The van der Waals surface area contributed by atoms with Crippen molar-refractivity contribution in [2.45, 2.75) is 5.16 Å². The number of amides is 1. The van der Waals surface area contributed by atoms with E-state index in [1.165, 1.54) is 11.8 Å². The smallest absolute Gasteiger partial charge is 0.317 e. The van der Waals surface area contributed by atoms with Gasteiger partial charge in [0.25, 0.3) is 5.91 Å². The topological polar surface area (TPSA) is 70.4 Å². The van der Waals surface area contributed by atoms with Crippen molar-refractivity contribution in [2.24, 2.45) is 12.1 Å². The van der Waals surface area contributed by atoms with Gasteiger partial charge in [0.05, 0.1) is 26.1 Å². The largest absolute Gasteiger partial charge is 0.496 e. The van der Waals surface area contributed by atoms with Crippen molar-refractivity contribution in [2.75, 3.05) is 12.9 Å². The first-order valence-electron chi connectivity index (χ1n) is 7.83. The molecule has 0 atom stereocenters. The zero-order valence-corrected chi connectivity index (χ0v) is 16.7. The maximum absolute atomic E-state index is 12.0. The Morgan fingerprint density at radius 2 is 2.19 bits per heavy atom. The minimum Gasteiger partial charge on any atom is -0.496 e. The van der Waals surface area contributed by atoms with Crippen molar-refractivity contribution in [1.82, 2.24) is 10.4 Å². The summed E-state index contributed by atoms with van der Waals surface area (Å²) in [4.78, 5) is 15.4. The summed E-state index contributed by atoms with van der Waals surface area (Å²) in [6.07, 6.45) is 1.56. The number of aromatic amines is 1. The molecule has 1 heterocycles. The molecule has 3 rings (SSSR count). The van der Waals surface area contributed by atoms with E-state index in [0.717, 1.165) is 26.2 Å². The van der Waals surface area contributed by atoms with Crippen LogP contribution in [0.15, 0.2) is 57.2 Å². The highest BCUT2D eigenvalue weighted by atomic mass is 79.9. The Hall–Kier alpha value is -2.32. The molecule has 0 bridgehead atoms. The lowest BCUT2D eigenvalue weighted by Gasteiger charge is -2.04. The van der Waals surface area contributed by atoms with Gasteiger partial charge in [-0.25, -0.2) is 15.0 Å². The first-order chi connectivity index (χ1) is 12.6. The van der Waals surface area contributed by atoms with Crippen molar-refractivity contribution < 1.29 is 14.1 Å². The minimum absolute atomic E-state index is 0.182. The Morgan fingerprint density at radius 3 is 2.96 bits per heavy atom. The van der Waals surface area contributed by atoms with E-state index >= 15 is 0 Å². The second-order valence-corrected chi connectivity index (χ2v) is 7.35. The van der Waals surface area contributed by atoms with Crippen molar-refractivity contribution in [1.29, 1.82) is 0 Å². The molecule has 2 aromatic carbocycles. The monoisotopic (exact) mass is 433 g/mol. The first kappa shape index (κ1) is 18.5. The summed E-state index contributed by atoms with van der Waals surface area (Å²) < 4.78 is 8.21. The second-order valence-electron chi connectivity index (χ2n) is 5.47. The Bertz CT molecular complexity index is 971. The molecule has 0 saturated heterocycles. The summed E-state index contributed by atoms with van der Waals surface area (Å²) in [7, 11) is 3.56. The first-order valence-corrected chi connectivity index (χ1v) is 9.61. The van der Waals surface area contributed by atoms with Crippen LogP contribution in [0.4, 0.5) is 0 Å². The van der Waals surface area contributed by atoms with Gasteiger partial charge in [-0.15, -0.1) is 0 Å². The van der Waals surface area contributed by atoms with Gasteiger partial charge in [-0.2, -0.15) is 5.10 Å². The van der Waals surface area contributed by atoms with Gasteiger partial charge in [0.2, 0.25) is 0 Å². The predicted molar refractivity (Wildman–Crippen MR) is 107 cm³/mol. The fraction of sp³-hybridized carbons (Fsp3) is 0.167. The number of fused-ring (bicyclic) bond motifs is 1. The van der Waals surface area contributed by atoms with Crippen molar-refractivity contribution in [3.63, 3.8) is 0 Å². The highest BCUT2D eigenvalue weighted by molar-refractivity contribution is 9.10. The standard InChI is InChI=1S/C18H17BrN4O2S/c1-23-15-6-4-3-5-14(15)21-18(23)26-11-17(24)22-20-10-12-9-13(19)7-8-16(12)25-2/h3-10H,11H2,1-2H3,(H,22,24)/p+1. The molecule has 0 aliphatic carbocycles. The Morgan fingerprint density at radius 1 is 1.38 bits per heavy atom. The molecule has 3 aromatic rings. The summed E-state index contributed by atoms with van der Waals surface area (Å²) in [5.74, 6) is 0.762. The van der Waals surface area contributed by atoms with E-state index in [9.17, 15) is 4.79 Å². The van der Waals surface area contributed by atoms with E-state index in [1.807, 2.05) is 54.1 Å². The van der Waals surface area contributed by atoms with Gasteiger partial charge in [-0.1, -0.05) is 28.1 Å². The number of hydrazone groups is 1. The maximum atomic E-state index is 12.0. The van der Waals surface area contributed by atoms with E-state index in [4.69, 9.17) is 4.74 Å². The minimum atomic E-state index is -0.182. The van der Waals surface area contributed by atoms with Gasteiger partial charge in [0.15, 0.2) is 11.0 Å². The quantitative estimate of drug-likeness (QED) is 0.271. The number of aromatic nitrogens is 2. The number of rotatable bonds is 6. The Balaban J connectivity index is 1.59. The van der Waals surface area contributed by atoms with Crippen LogP contribution in [-0.2, 0) is 11.8 Å². The molecule has 1 aromatic heterocycles. The lowest BCUT2D eigenvalue weighted by Crippen LogP contribution is -2.30. The van der Waals surface area contributed by atoms with Gasteiger partial charge in [0, 0.05) is 10.0 Å². The number of hydrogen-bond acceptors (Lipinski definition) is 4. The highest BCUT2D eigenvalue weighted by Gasteiger charge is 2.16. The number of hydrogen-bond donors (Lipinski definition) is 2. The van der Waals surface area contributed by atoms with E-state index in [-0.39, 0.29) is 11.7 Å². The Labute approximate surface area is 163 Å².